The number of ether oxygens (including phenoxy) is 1. The quantitative estimate of drug-likeness (QED) is 0.642. The van der Waals surface area contributed by atoms with Gasteiger partial charge in [-0.2, -0.15) is 0 Å². The zero-order valence-electron chi connectivity index (χ0n) is 9.01. The van der Waals surface area contributed by atoms with Crippen LogP contribution in [0.2, 0.25) is 0 Å². The van der Waals surface area contributed by atoms with Crippen molar-refractivity contribution >= 4 is 5.69 Å². The van der Waals surface area contributed by atoms with Crippen LogP contribution in [0.25, 0.3) is 0 Å². The van der Waals surface area contributed by atoms with Crippen molar-refractivity contribution in [3.05, 3.63) is 24.2 Å². The summed E-state index contributed by atoms with van der Waals surface area (Å²) in [7, 11) is 5.17. The van der Waals surface area contributed by atoms with Gasteiger partial charge in [0.2, 0.25) is 0 Å². The van der Waals surface area contributed by atoms with E-state index in [2.05, 4.69) is 0 Å². The Balaban J connectivity index is 3.23. The van der Waals surface area contributed by atoms with E-state index >= 15 is 0 Å². The Bertz CT molecular complexity index is 289. The van der Waals surface area contributed by atoms with Crippen LogP contribution in [0.5, 0.6) is 5.75 Å². The van der Waals surface area contributed by atoms with E-state index in [4.69, 9.17) is 7.48 Å². The number of rotatable bonds is 2. The van der Waals surface area contributed by atoms with Crippen molar-refractivity contribution < 1.29 is 7.48 Å². The van der Waals surface area contributed by atoms with Crippen LogP contribution in [0, 0.1) is 0 Å². The molecule has 1 rings (SSSR count). The average Bonchev–Trinajstić information content (AvgIpc) is 2.02. The molecule has 0 aliphatic carbocycles. The van der Waals surface area contributed by atoms with Gasteiger partial charge in [0.25, 0.3) is 0 Å². The van der Waals surface area contributed by atoms with Gasteiger partial charge in [-0.25, -0.2) is 0 Å². The lowest BCUT2D eigenvalue weighted by Gasteiger charge is -2.11. The Hall–Kier alpha value is -1.18. The predicted octanol–water partition coefficient (Wildman–Crippen LogP) is 1.76. The van der Waals surface area contributed by atoms with Crippen LogP contribution in [0.4, 0.5) is 5.69 Å². The highest BCUT2D eigenvalue weighted by molar-refractivity contribution is 5.47. The first-order chi connectivity index (χ1) is 6.06. The monoisotopic (exact) mass is 153 g/mol. The topological polar surface area (TPSA) is 12.5 Å². The lowest BCUT2D eigenvalue weighted by Crippen LogP contribution is -2.07. The molecule has 0 spiro atoms. The highest BCUT2D eigenvalue weighted by Crippen LogP contribution is 2.16. The maximum atomic E-state index is 7.64. The van der Waals surface area contributed by atoms with Crippen molar-refractivity contribution in [2.75, 3.05) is 26.1 Å². The van der Waals surface area contributed by atoms with E-state index in [1.165, 1.54) is 7.11 Å². The summed E-state index contributed by atoms with van der Waals surface area (Å²) in [5.74, 6) is 0.556. The summed E-state index contributed by atoms with van der Waals surface area (Å²) in [5.41, 5.74) is 0.612. The van der Waals surface area contributed by atoms with E-state index in [9.17, 15) is 0 Å². The number of hydrogen-bond acceptors (Lipinski definition) is 2. The lowest BCUT2D eigenvalue weighted by molar-refractivity contribution is 0.415. The molecule has 0 saturated heterocycles. The van der Waals surface area contributed by atoms with Crippen molar-refractivity contribution in [3.8, 4) is 5.75 Å². The van der Waals surface area contributed by atoms with Gasteiger partial charge in [0.1, 0.15) is 5.75 Å². The van der Waals surface area contributed by atoms with Gasteiger partial charge in [0, 0.05) is 19.8 Å². The third-order valence-electron chi connectivity index (χ3n) is 1.39. The van der Waals surface area contributed by atoms with E-state index in [1.54, 1.807) is 17.0 Å². The third-order valence-corrected chi connectivity index (χ3v) is 1.39. The fraction of sp³-hybridized carbons (Fsp3) is 0.333. The van der Waals surface area contributed by atoms with E-state index in [-0.39, 0.29) is 0 Å². The molecular formula is C9H13NO. The summed E-state index contributed by atoms with van der Waals surface area (Å²) in [6.07, 6.45) is 0. The first-order valence-electron chi connectivity index (χ1n) is 4.39. The van der Waals surface area contributed by atoms with Crippen LogP contribution in [0.15, 0.2) is 24.2 Å². The molecule has 2 heteroatoms. The zero-order chi connectivity index (χ0) is 10.0. The Kier molecular flexibility index (Phi) is 1.63. The predicted molar refractivity (Wildman–Crippen MR) is 47.3 cm³/mol. The highest BCUT2D eigenvalue weighted by atomic mass is 16.5. The molecule has 0 aliphatic rings. The molecule has 0 unspecified atom stereocenters. The molecule has 0 fully saturated rings. The summed E-state index contributed by atoms with van der Waals surface area (Å²) < 4.78 is 20.2. The maximum Gasteiger partial charge on any atom is 0.119 e. The van der Waals surface area contributed by atoms with Crippen molar-refractivity contribution in [1.82, 2.24) is 0 Å². The summed E-state index contributed by atoms with van der Waals surface area (Å²) in [5, 5.41) is 0. The zero-order valence-corrected chi connectivity index (χ0v) is 7.01. The smallest absolute Gasteiger partial charge is 0.119 e. The van der Waals surface area contributed by atoms with Gasteiger partial charge in [-0.3, -0.25) is 0 Å². The van der Waals surface area contributed by atoms with Crippen LogP contribution < -0.4 is 9.64 Å². The first kappa shape index (κ1) is 5.47. The molecular weight excluding hydrogens is 138 g/mol. The van der Waals surface area contributed by atoms with E-state index < -0.39 is 0 Å². The molecule has 1 aromatic rings. The van der Waals surface area contributed by atoms with Gasteiger partial charge in [0.05, 0.1) is 9.85 Å². The van der Waals surface area contributed by atoms with Crippen LogP contribution in [0.1, 0.15) is 2.74 Å². The van der Waals surface area contributed by atoms with Gasteiger partial charge in [-0.05, 0) is 24.2 Å². The second-order valence-corrected chi connectivity index (χ2v) is 2.43. The Morgan fingerprint density at radius 2 is 1.91 bits per heavy atom. The van der Waals surface area contributed by atoms with Gasteiger partial charge in [-0.15, -0.1) is 0 Å². The molecule has 0 saturated carbocycles. The average molecular weight is 153 g/mol. The third kappa shape index (κ3) is 1.87. The number of anilines is 1. The minimum atomic E-state index is 0.314. The molecule has 11 heavy (non-hydrogen) atoms. The Morgan fingerprint density at radius 1 is 1.36 bits per heavy atom. The molecule has 2 nitrogen and oxygen atoms in total. The van der Waals surface area contributed by atoms with Gasteiger partial charge >= 0.3 is 0 Å². The van der Waals surface area contributed by atoms with E-state index in [0.29, 0.717) is 23.5 Å². The Labute approximate surface area is 70.2 Å². The molecule has 0 atom stereocenters. The minimum absolute atomic E-state index is 0.314. The lowest BCUT2D eigenvalue weighted by atomic mass is 10.3. The molecule has 60 valence electrons. The summed E-state index contributed by atoms with van der Waals surface area (Å²) in [4.78, 5) is 1.75. The summed E-state index contributed by atoms with van der Waals surface area (Å²) >= 11 is 0. The molecule has 0 bridgehead atoms. The molecule has 0 aliphatic heterocycles. The van der Waals surface area contributed by atoms with Gasteiger partial charge < -0.3 is 9.64 Å². The maximum absolute atomic E-state index is 7.64. The fourth-order valence-corrected chi connectivity index (χ4v) is 0.738. The first-order valence-corrected chi connectivity index (χ1v) is 3.39. The Morgan fingerprint density at radius 3 is 2.27 bits per heavy atom. The number of nitrogens with zero attached hydrogens (tertiary/aromatic N) is 1. The SMILES string of the molecule is [2H]c1cc(OC)cc([2H])c1N(C)C. The molecule has 1 aromatic carbocycles. The van der Waals surface area contributed by atoms with Crippen LogP contribution in [0.3, 0.4) is 0 Å². The van der Waals surface area contributed by atoms with Crippen LogP contribution in [-0.4, -0.2) is 21.2 Å². The van der Waals surface area contributed by atoms with Crippen molar-refractivity contribution in [3.63, 3.8) is 0 Å². The van der Waals surface area contributed by atoms with Gasteiger partial charge in [0.15, 0.2) is 0 Å². The normalized spacial score (nSPS) is 11.9. The molecule has 0 heterocycles. The largest absolute Gasteiger partial charge is 0.497 e. The van der Waals surface area contributed by atoms with Crippen LogP contribution in [-0.2, 0) is 0 Å². The van der Waals surface area contributed by atoms with E-state index in [1.807, 2.05) is 14.1 Å². The van der Waals surface area contributed by atoms with Crippen molar-refractivity contribution in [1.29, 1.82) is 0 Å². The summed E-state index contributed by atoms with van der Waals surface area (Å²) in [6, 6.07) is 3.84. The minimum Gasteiger partial charge on any atom is -0.497 e. The highest BCUT2D eigenvalue weighted by Gasteiger charge is 1.93. The van der Waals surface area contributed by atoms with Crippen molar-refractivity contribution in [2.45, 2.75) is 0 Å². The summed E-state index contributed by atoms with van der Waals surface area (Å²) in [6.45, 7) is 0. The van der Waals surface area contributed by atoms with Gasteiger partial charge in [-0.1, -0.05) is 0 Å². The number of hydrogen-bond donors (Lipinski definition) is 0. The van der Waals surface area contributed by atoms with Crippen molar-refractivity contribution in [2.24, 2.45) is 0 Å². The second kappa shape index (κ2) is 3.28. The second-order valence-electron chi connectivity index (χ2n) is 2.43. The molecule has 0 aromatic heterocycles. The standard InChI is InChI=1S/C9H13NO/c1-10(2)8-4-6-9(11-3)7-5-8/h4-7H,1-3H3/i4D,5D. The number of methoxy groups -OCH3 is 1. The van der Waals surface area contributed by atoms with Crippen LogP contribution >= 0.6 is 0 Å². The molecule has 0 N–H and O–H groups in total. The fourth-order valence-electron chi connectivity index (χ4n) is 0.738. The number of benzene rings is 1. The molecule has 0 amide bonds. The van der Waals surface area contributed by atoms with E-state index in [0.717, 1.165) is 0 Å². The molecule has 0 radical (unpaired) electrons.